The summed E-state index contributed by atoms with van der Waals surface area (Å²) < 4.78 is 5.15. The molecule has 0 spiro atoms. The number of ether oxygens (including phenoxy) is 1. The fourth-order valence-corrected chi connectivity index (χ4v) is 2.85. The second kappa shape index (κ2) is 7.57. The van der Waals surface area contributed by atoms with Gasteiger partial charge >= 0.3 is 0 Å². The van der Waals surface area contributed by atoms with Crippen molar-refractivity contribution in [1.82, 2.24) is 9.80 Å². The van der Waals surface area contributed by atoms with Gasteiger partial charge in [0.1, 0.15) is 5.75 Å². The number of aryl methyl sites for hydroxylation is 1. The Bertz CT molecular complexity index is 458. The lowest BCUT2D eigenvalue weighted by molar-refractivity contribution is -0.124. The largest absolute Gasteiger partial charge is 0.497 e. The highest BCUT2D eigenvalue weighted by atomic mass is 16.5. The highest BCUT2D eigenvalue weighted by Crippen LogP contribution is 2.15. The highest BCUT2D eigenvalue weighted by molar-refractivity contribution is 5.84. The molecule has 0 bridgehead atoms. The van der Waals surface area contributed by atoms with Gasteiger partial charge in [-0.05, 0) is 57.7 Å². The second-order valence-corrected chi connectivity index (χ2v) is 5.93. The average molecular weight is 290 g/mol. The van der Waals surface area contributed by atoms with Crippen molar-refractivity contribution < 1.29 is 9.53 Å². The van der Waals surface area contributed by atoms with Gasteiger partial charge < -0.3 is 9.64 Å². The molecule has 21 heavy (non-hydrogen) atoms. The molecule has 0 amide bonds. The highest BCUT2D eigenvalue weighted by Gasteiger charge is 2.26. The number of rotatable bonds is 5. The number of Topliss-reactive ketones (excluding diaryl/α,β-unsaturated/α-hetero) is 1. The summed E-state index contributed by atoms with van der Waals surface area (Å²) in [5, 5.41) is 0. The van der Waals surface area contributed by atoms with E-state index >= 15 is 0 Å². The van der Waals surface area contributed by atoms with Gasteiger partial charge in [-0.3, -0.25) is 9.69 Å². The molecule has 2 rings (SSSR count). The van der Waals surface area contributed by atoms with Crippen molar-refractivity contribution in [1.29, 1.82) is 0 Å². The summed E-state index contributed by atoms with van der Waals surface area (Å²) in [5.74, 6) is 1.21. The fraction of sp³-hybridized carbons (Fsp3) is 0.588. The van der Waals surface area contributed by atoms with Gasteiger partial charge in [0, 0.05) is 13.0 Å². The van der Waals surface area contributed by atoms with Crippen LogP contribution in [-0.4, -0.2) is 62.5 Å². The van der Waals surface area contributed by atoms with Crippen LogP contribution < -0.4 is 4.74 Å². The van der Waals surface area contributed by atoms with E-state index in [1.807, 2.05) is 24.3 Å². The lowest BCUT2D eigenvalue weighted by atomic mass is 10.0. The minimum atomic E-state index is 0.0377. The molecule has 4 heteroatoms. The molecule has 0 N–H and O–H groups in total. The SMILES string of the molecule is COc1ccc(CCC(=O)C2CN(C)CCCN2C)cc1. The van der Waals surface area contributed by atoms with E-state index in [9.17, 15) is 4.79 Å². The molecule has 0 aromatic heterocycles. The Hall–Kier alpha value is -1.39. The van der Waals surface area contributed by atoms with Crippen LogP contribution in [0.3, 0.4) is 0 Å². The molecule has 0 aliphatic carbocycles. The molecule has 1 aromatic rings. The molecule has 0 radical (unpaired) electrons. The summed E-state index contributed by atoms with van der Waals surface area (Å²) >= 11 is 0. The minimum absolute atomic E-state index is 0.0377. The molecule has 1 fully saturated rings. The molecule has 4 nitrogen and oxygen atoms in total. The standard InChI is InChI=1S/C17H26N2O2/c1-18-11-4-12-19(2)16(13-18)17(20)10-7-14-5-8-15(21-3)9-6-14/h5-6,8-9,16H,4,7,10-13H2,1-3H3. The van der Waals surface area contributed by atoms with Gasteiger partial charge in [0.15, 0.2) is 5.78 Å². The third kappa shape index (κ3) is 4.55. The van der Waals surface area contributed by atoms with E-state index in [1.165, 1.54) is 5.56 Å². The van der Waals surface area contributed by atoms with Crippen LogP contribution in [0.5, 0.6) is 5.75 Å². The Kier molecular flexibility index (Phi) is 5.76. The average Bonchev–Trinajstić information content (AvgIpc) is 2.66. The van der Waals surface area contributed by atoms with Crippen molar-refractivity contribution in [3.63, 3.8) is 0 Å². The predicted molar refractivity (Wildman–Crippen MR) is 84.9 cm³/mol. The van der Waals surface area contributed by atoms with Gasteiger partial charge in [-0.25, -0.2) is 0 Å². The van der Waals surface area contributed by atoms with Crippen LogP contribution in [-0.2, 0) is 11.2 Å². The monoisotopic (exact) mass is 290 g/mol. The van der Waals surface area contributed by atoms with Crippen LogP contribution in [0.15, 0.2) is 24.3 Å². The number of benzene rings is 1. The Morgan fingerprint density at radius 3 is 2.62 bits per heavy atom. The molecule has 1 aliphatic rings. The van der Waals surface area contributed by atoms with E-state index in [1.54, 1.807) is 7.11 Å². The zero-order valence-electron chi connectivity index (χ0n) is 13.3. The number of hydrogen-bond donors (Lipinski definition) is 0. The molecular formula is C17H26N2O2. The normalized spacial score (nSPS) is 21.0. The van der Waals surface area contributed by atoms with E-state index in [0.29, 0.717) is 12.2 Å². The zero-order chi connectivity index (χ0) is 15.2. The quantitative estimate of drug-likeness (QED) is 0.828. The first-order chi connectivity index (χ1) is 10.1. The first kappa shape index (κ1) is 16.0. The van der Waals surface area contributed by atoms with Crippen LogP contribution >= 0.6 is 0 Å². The molecule has 1 saturated heterocycles. The fourth-order valence-electron chi connectivity index (χ4n) is 2.85. The molecular weight excluding hydrogens is 264 g/mol. The third-order valence-electron chi connectivity index (χ3n) is 4.26. The summed E-state index contributed by atoms with van der Waals surface area (Å²) in [5.41, 5.74) is 1.19. The maximum atomic E-state index is 12.5. The summed E-state index contributed by atoms with van der Waals surface area (Å²) in [7, 11) is 5.83. The van der Waals surface area contributed by atoms with Crippen LogP contribution in [0.25, 0.3) is 0 Å². The number of likely N-dealkylation sites (N-methyl/N-ethyl adjacent to an activating group) is 2. The van der Waals surface area contributed by atoms with Crippen molar-refractivity contribution in [2.45, 2.75) is 25.3 Å². The maximum Gasteiger partial charge on any atom is 0.151 e. The van der Waals surface area contributed by atoms with Crippen molar-refractivity contribution >= 4 is 5.78 Å². The van der Waals surface area contributed by atoms with E-state index < -0.39 is 0 Å². The first-order valence-electron chi connectivity index (χ1n) is 7.64. The number of hydrogen-bond acceptors (Lipinski definition) is 4. The Balaban J connectivity index is 1.90. The molecule has 1 aliphatic heterocycles. The Morgan fingerprint density at radius 2 is 1.95 bits per heavy atom. The number of carbonyl (C=O) groups is 1. The molecule has 1 aromatic carbocycles. The predicted octanol–water partition coefficient (Wildman–Crippen LogP) is 1.83. The van der Waals surface area contributed by atoms with Gasteiger partial charge in [-0.15, -0.1) is 0 Å². The van der Waals surface area contributed by atoms with Crippen LogP contribution in [0.1, 0.15) is 18.4 Å². The third-order valence-corrected chi connectivity index (χ3v) is 4.26. The topological polar surface area (TPSA) is 32.8 Å². The maximum absolute atomic E-state index is 12.5. The van der Waals surface area contributed by atoms with Gasteiger partial charge in [-0.2, -0.15) is 0 Å². The molecule has 1 atom stereocenters. The smallest absolute Gasteiger partial charge is 0.151 e. The lowest BCUT2D eigenvalue weighted by Crippen LogP contribution is -2.43. The van der Waals surface area contributed by atoms with E-state index in [4.69, 9.17) is 4.74 Å². The number of nitrogens with zero attached hydrogens (tertiary/aromatic N) is 2. The summed E-state index contributed by atoms with van der Waals surface area (Å²) in [6, 6.07) is 8.01. The van der Waals surface area contributed by atoms with E-state index in [2.05, 4.69) is 23.9 Å². The minimum Gasteiger partial charge on any atom is -0.497 e. The number of carbonyl (C=O) groups excluding carboxylic acids is 1. The molecule has 0 saturated carbocycles. The molecule has 1 heterocycles. The number of ketones is 1. The summed E-state index contributed by atoms with van der Waals surface area (Å²) in [6.07, 6.45) is 2.54. The van der Waals surface area contributed by atoms with Gasteiger partial charge in [0.2, 0.25) is 0 Å². The second-order valence-electron chi connectivity index (χ2n) is 5.93. The van der Waals surface area contributed by atoms with Crippen molar-refractivity contribution in [2.75, 3.05) is 40.8 Å². The van der Waals surface area contributed by atoms with Crippen molar-refractivity contribution in [2.24, 2.45) is 0 Å². The van der Waals surface area contributed by atoms with E-state index in [-0.39, 0.29) is 6.04 Å². The lowest BCUT2D eigenvalue weighted by Gasteiger charge is -2.26. The first-order valence-corrected chi connectivity index (χ1v) is 7.64. The van der Waals surface area contributed by atoms with Crippen molar-refractivity contribution in [3.8, 4) is 5.75 Å². The van der Waals surface area contributed by atoms with E-state index in [0.717, 1.165) is 38.2 Å². The van der Waals surface area contributed by atoms with Crippen LogP contribution in [0.4, 0.5) is 0 Å². The van der Waals surface area contributed by atoms with Gasteiger partial charge in [0.25, 0.3) is 0 Å². The Morgan fingerprint density at radius 1 is 1.24 bits per heavy atom. The van der Waals surface area contributed by atoms with Crippen LogP contribution in [0.2, 0.25) is 0 Å². The Labute approximate surface area is 127 Å². The van der Waals surface area contributed by atoms with Gasteiger partial charge in [-0.1, -0.05) is 12.1 Å². The summed E-state index contributed by atoms with van der Waals surface area (Å²) in [6.45, 7) is 2.92. The van der Waals surface area contributed by atoms with Crippen LogP contribution in [0, 0.1) is 0 Å². The molecule has 116 valence electrons. The van der Waals surface area contributed by atoms with Gasteiger partial charge in [0.05, 0.1) is 13.2 Å². The summed E-state index contributed by atoms with van der Waals surface area (Å²) in [4.78, 5) is 17.0. The molecule has 1 unspecified atom stereocenters. The zero-order valence-corrected chi connectivity index (χ0v) is 13.3. The van der Waals surface area contributed by atoms with Crippen molar-refractivity contribution in [3.05, 3.63) is 29.8 Å². The number of methoxy groups -OCH3 is 1.